The van der Waals surface area contributed by atoms with Gasteiger partial charge in [0, 0.05) is 31.5 Å². The van der Waals surface area contributed by atoms with Crippen molar-refractivity contribution in [3.8, 4) is 0 Å². The molecule has 0 aliphatic carbocycles. The number of hydrogen-bond donors (Lipinski definition) is 1. The Morgan fingerprint density at radius 1 is 1.55 bits per heavy atom. The summed E-state index contributed by atoms with van der Waals surface area (Å²) in [6.45, 7) is 7.44. The zero-order valence-corrected chi connectivity index (χ0v) is 12.6. The molecule has 5 heteroatoms. The van der Waals surface area contributed by atoms with Gasteiger partial charge in [-0.3, -0.25) is 4.79 Å². The van der Waals surface area contributed by atoms with E-state index < -0.39 is 0 Å². The van der Waals surface area contributed by atoms with Gasteiger partial charge >= 0.3 is 0 Å². The van der Waals surface area contributed by atoms with E-state index in [-0.39, 0.29) is 18.1 Å². The quantitative estimate of drug-likeness (QED) is 0.915. The van der Waals surface area contributed by atoms with Crippen molar-refractivity contribution in [1.29, 1.82) is 0 Å². The van der Waals surface area contributed by atoms with Gasteiger partial charge in [0.05, 0.1) is 12.1 Å². The van der Waals surface area contributed by atoms with Gasteiger partial charge in [-0.15, -0.1) is 0 Å². The van der Waals surface area contributed by atoms with Crippen LogP contribution in [0.1, 0.15) is 36.3 Å². The van der Waals surface area contributed by atoms with Crippen molar-refractivity contribution in [2.24, 2.45) is 0 Å². The Labute approximate surface area is 120 Å². The Hall–Kier alpha value is -1.62. The second-order valence-electron chi connectivity index (χ2n) is 5.26. The third-order valence-corrected chi connectivity index (χ3v) is 3.71. The van der Waals surface area contributed by atoms with Gasteiger partial charge in [-0.2, -0.15) is 0 Å². The third kappa shape index (κ3) is 3.10. The van der Waals surface area contributed by atoms with Crippen molar-refractivity contribution < 1.29 is 9.53 Å². The van der Waals surface area contributed by atoms with Gasteiger partial charge in [-0.05, 0) is 39.3 Å². The number of aromatic nitrogens is 1. The van der Waals surface area contributed by atoms with E-state index in [1.165, 1.54) is 0 Å². The number of carbonyl (C=O) groups is 1. The van der Waals surface area contributed by atoms with Crippen LogP contribution in [-0.4, -0.2) is 48.1 Å². The third-order valence-electron chi connectivity index (χ3n) is 3.71. The second-order valence-corrected chi connectivity index (χ2v) is 5.26. The van der Waals surface area contributed by atoms with Crippen LogP contribution in [0.4, 0.5) is 5.82 Å². The fourth-order valence-electron chi connectivity index (χ4n) is 2.65. The van der Waals surface area contributed by atoms with E-state index in [1.807, 2.05) is 40.0 Å². The minimum absolute atomic E-state index is 0.0250. The van der Waals surface area contributed by atoms with Crippen molar-refractivity contribution in [2.45, 2.75) is 39.3 Å². The standard InChI is InChI=1S/C15H23N3O2/c1-5-16-14-9-12(8-10(2)17-14)15(19)18(4)13-6-7-20-11(13)3/h8-9,11,13H,5-7H2,1-4H3,(H,16,17). The molecular formula is C15H23N3O2. The first kappa shape index (κ1) is 14.8. The summed E-state index contributed by atoms with van der Waals surface area (Å²) in [4.78, 5) is 18.8. The van der Waals surface area contributed by atoms with Crippen LogP contribution >= 0.6 is 0 Å². The highest BCUT2D eigenvalue weighted by molar-refractivity contribution is 5.95. The molecule has 2 rings (SSSR count). The van der Waals surface area contributed by atoms with E-state index >= 15 is 0 Å². The molecule has 1 aromatic heterocycles. The molecule has 1 N–H and O–H groups in total. The fourth-order valence-corrected chi connectivity index (χ4v) is 2.65. The van der Waals surface area contributed by atoms with Crippen LogP contribution in [0.2, 0.25) is 0 Å². The van der Waals surface area contributed by atoms with Crippen LogP contribution in [0.3, 0.4) is 0 Å². The van der Waals surface area contributed by atoms with E-state index in [1.54, 1.807) is 4.90 Å². The second kappa shape index (κ2) is 6.22. The number of ether oxygens (including phenoxy) is 1. The first-order valence-corrected chi connectivity index (χ1v) is 7.14. The lowest BCUT2D eigenvalue weighted by atomic mass is 10.1. The summed E-state index contributed by atoms with van der Waals surface area (Å²) in [7, 11) is 1.85. The minimum atomic E-state index is 0.0250. The number of rotatable bonds is 4. The Kier molecular flexibility index (Phi) is 4.60. The van der Waals surface area contributed by atoms with Crippen LogP contribution in [0, 0.1) is 6.92 Å². The van der Waals surface area contributed by atoms with Crippen molar-refractivity contribution >= 4 is 11.7 Å². The first-order chi connectivity index (χ1) is 9.52. The number of hydrogen-bond acceptors (Lipinski definition) is 4. The number of likely N-dealkylation sites (N-methyl/N-ethyl adjacent to an activating group) is 1. The van der Waals surface area contributed by atoms with Crippen LogP contribution in [-0.2, 0) is 4.74 Å². The molecule has 5 nitrogen and oxygen atoms in total. The highest BCUT2D eigenvalue weighted by Gasteiger charge is 2.31. The van der Waals surface area contributed by atoms with Crippen LogP contribution in [0.25, 0.3) is 0 Å². The highest BCUT2D eigenvalue weighted by Crippen LogP contribution is 2.21. The maximum atomic E-state index is 12.6. The Balaban J connectivity index is 2.19. The normalized spacial score (nSPS) is 21.8. The Morgan fingerprint density at radius 2 is 2.30 bits per heavy atom. The average Bonchev–Trinajstić information content (AvgIpc) is 2.83. The predicted molar refractivity (Wildman–Crippen MR) is 79.1 cm³/mol. The molecule has 1 amide bonds. The molecule has 0 bridgehead atoms. The van der Waals surface area contributed by atoms with E-state index in [9.17, 15) is 4.79 Å². The van der Waals surface area contributed by atoms with E-state index in [0.29, 0.717) is 5.56 Å². The molecule has 2 unspecified atom stereocenters. The highest BCUT2D eigenvalue weighted by atomic mass is 16.5. The van der Waals surface area contributed by atoms with E-state index in [2.05, 4.69) is 10.3 Å². The summed E-state index contributed by atoms with van der Waals surface area (Å²) < 4.78 is 5.54. The lowest BCUT2D eigenvalue weighted by molar-refractivity contribution is 0.0574. The molecular weight excluding hydrogens is 254 g/mol. The number of amides is 1. The monoisotopic (exact) mass is 277 g/mol. The van der Waals surface area contributed by atoms with Gasteiger partial charge in [0.1, 0.15) is 5.82 Å². The van der Waals surface area contributed by atoms with Crippen molar-refractivity contribution in [3.63, 3.8) is 0 Å². The summed E-state index contributed by atoms with van der Waals surface area (Å²) in [5.74, 6) is 0.775. The molecule has 1 saturated heterocycles. The van der Waals surface area contributed by atoms with Crippen LogP contribution in [0.15, 0.2) is 12.1 Å². The first-order valence-electron chi connectivity index (χ1n) is 7.14. The molecule has 0 radical (unpaired) electrons. The molecule has 1 aliphatic heterocycles. The molecule has 110 valence electrons. The lowest BCUT2D eigenvalue weighted by Crippen LogP contribution is -2.41. The van der Waals surface area contributed by atoms with Gasteiger partial charge in [0.25, 0.3) is 5.91 Å². The van der Waals surface area contributed by atoms with Gasteiger partial charge in [0.2, 0.25) is 0 Å². The van der Waals surface area contributed by atoms with Crippen molar-refractivity contribution in [3.05, 3.63) is 23.4 Å². The largest absolute Gasteiger partial charge is 0.376 e. The maximum Gasteiger partial charge on any atom is 0.254 e. The fraction of sp³-hybridized carbons (Fsp3) is 0.600. The molecule has 1 aromatic rings. The van der Waals surface area contributed by atoms with Crippen LogP contribution < -0.4 is 5.32 Å². The van der Waals surface area contributed by atoms with Gasteiger partial charge < -0.3 is 15.0 Å². The zero-order chi connectivity index (χ0) is 14.7. The van der Waals surface area contributed by atoms with E-state index in [0.717, 1.165) is 31.1 Å². The topological polar surface area (TPSA) is 54.5 Å². The predicted octanol–water partition coefficient (Wildman–Crippen LogP) is 2.07. The molecule has 0 spiro atoms. The van der Waals surface area contributed by atoms with Gasteiger partial charge in [-0.25, -0.2) is 4.98 Å². The molecule has 2 atom stereocenters. The molecule has 1 aliphatic rings. The minimum Gasteiger partial charge on any atom is -0.376 e. The van der Waals surface area contributed by atoms with Crippen LogP contribution in [0.5, 0.6) is 0 Å². The average molecular weight is 277 g/mol. The molecule has 0 aromatic carbocycles. The number of carbonyl (C=O) groups excluding carboxylic acids is 1. The number of nitrogens with one attached hydrogen (secondary N) is 1. The number of anilines is 1. The molecule has 2 heterocycles. The van der Waals surface area contributed by atoms with Crippen molar-refractivity contribution in [1.82, 2.24) is 9.88 Å². The van der Waals surface area contributed by atoms with Gasteiger partial charge in [-0.1, -0.05) is 0 Å². The van der Waals surface area contributed by atoms with Gasteiger partial charge in [0.15, 0.2) is 0 Å². The lowest BCUT2D eigenvalue weighted by Gasteiger charge is -2.27. The van der Waals surface area contributed by atoms with E-state index in [4.69, 9.17) is 4.74 Å². The smallest absolute Gasteiger partial charge is 0.254 e. The number of nitrogens with zero attached hydrogens (tertiary/aromatic N) is 2. The molecule has 0 saturated carbocycles. The summed E-state index contributed by atoms with van der Waals surface area (Å²) >= 11 is 0. The Bertz CT molecular complexity index is 490. The zero-order valence-electron chi connectivity index (χ0n) is 12.6. The molecule has 1 fully saturated rings. The summed E-state index contributed by atoms with van der Waals surface area (Å²) in [6.07, 6.45) is 0.994. The summed E-state index contributed by atoms with van der Waals surface area (Å²) in [5.41, 5.74) is 1.52. The number of pyridine rings is 1. The summed E-state index contributed by atoms with van der Waals surface area (Å²) in [5, 5.41) is 3.15. The molecule has 20 heavy (non-hydrogen) atoms. The Morgan fingerprint density at radius 3 is 2.90 bits per heavy atom. The SMILES string of the molecule is CCNc1cc(C(=O)N(C)C2CCOC2C)cc(C)n1. The van der Waals surface area contributed by atoms with Crippen molar-refractivity contribution in [2.75, 3.05) is 25.5 Å². The summed E-state index contributed by atoms with van der Waals surface area (Å²) in [6, 6.07) is 3.80. The number of aryl methyl sites for hydroxylation is 1. The maximum absolute atomic E-state index is 12.6.